The molecule has 0 aromatic heterocycles. The van der Waals surface area contributed by atoms with Crippen molar-refractivity contribution < 1.29 is 14.6 Å². The van der Waals surface area contributed by atoms with Crippen molar-refractivity contribution in [2.45, 2.75) is 96.7 Å². The van der Waals surface area contributed by atoms with Crippen molar-refractivity contribution in [2.24, 2.45) is 34.5 Å². The number of fused-ring (bicyclic) bond motifs is 5. The quantitative estimate of drug-likeness (QED) is 0.541. The molecule has 0 saturated heterocycles. The Kier molecular flexibility index (Phi) is 4.77. The molecule has 0 aromatic rings. The highest BCUT2D eigenvalue weighted by Crippen LogP contribution is 2.68. The van der Waals surface area contributed by atoms with Gasteiger partial charge in [-0.05, 0) is 98.7 Å². The zero-order valence-corrected chi connectivity index (χ0v) is 17.5. The van der Waals surface area contributed by atoms with Gasteiger partial charge in [0.15, 0.2) is 0 Å². The summed E-state index contributed by atoms with van der Waals surface area (Å²) in [6, 6.07) is 0. The number of aliphatic hydroxyl groups is 1. The number of hydrogen-bond donors (Lipinski definition) is 1. The third-order valence-electron chi connectivity index (χ3n) is 9.75. The highest BCUT2D eigenvalue weighted by Gasteiger charge is 2.64. The Morgan fingerprint density at radius 2 is 1.85 bits per heavy atom. The van der Waals surface area contributed by atoms with E-state index in [-0.39, 0.29) is 17.5 Å². The second kappa shape index (κ2) is 6.61. The van der Waals surface area contributed by atoms with Crippen molar-refractivity contribution in [3.8, 4) is 0 Å². The van der Waals surface area contributed by atoms with Crippen molar-refractivity contribution in [3.05, 3.63) is 12.7 Å². The van der Waals surface area contributed by atoms with Crippen LogP contribution in [-0.4, -0.2) is 22.8 Å². The van der Waals surface area contributed by atoms with Gasteiger partial charge in [0, 0.05) is 6.92 Å². The molecule has 4 aliphatic rings. The van der Waals surface area contributed by atoms with Crippen LogP contribution in [0.25, 0.3) is 0 Å². The normalized spacial score (nSPS) is 51.6. The van der Waals surface area contributed by atoms with Gasteiger partial charge in [-0.2, -0.15) is 0 Å². The van der Waals surface area contributed by atoms with Crippen LogP contribution in [0.1, 0.15) is 85.0 Å². The average Bonchev–Trinajstić information content (AvgIpc) is 2.86. The Morgan fingerprint density at radius 3 is 2.56 bits per heavy atom. The first-order valence-corrected chi connectivity index (χ1v) is 11.2. The molecule has 0 aromatic carbocycles. The number of ether oxygens (including phenoxy) is 1. The number of rotatable bonds is 3. The van der Waals surface area contributed by atoms with Crippen molar-refractivity contribution in [1.82, 2.24) is 0 Å². The van der Waals surface area contributed by atoms with E-state index in [0.717, 1.165) is 43.9 Å². The summed E-state index contributed by atoms with van der Waals surface area (Å²) in [5.41, 5.74) is -0.102. The number of hydrogen-bond acceptors (Lipinski definition) is 3. The highest BCUT2D eigenvalue weighted by molar-refractivity contribution is 5.66. The lowest BCUT2D eigenvalue weighted by Gasteiger charge is -2.61. The van der Waals surface area contributed by atoms with E-state index in [9.17, 15) is 9.90 Å². The molecule has 27 heavy (non-hydrogen) atoms. The van der Waals surface area contributed by atoms with Gasteiger partial charge >= 0.3 is 5.97 Å². The zero-order chi connectivity index (χ0) is 19.4. The van der Waals surface area contributed by atoms with Crippen LogP contribution in [0.2, 0.25) is 0 Å². The van der Waals surface area contributed by atoms with E-state index in [4.69, 9.17) is 4.74 Å². The van der Waals surface area contributed by atoms with Gasteiger partial charge in [0.25, 0.3) is 0 Å². The zero-order valence-electron chi connectivity index (χ0n) is 17.5. The maximum atomic E-state index is 11.4. The van der Waals surface area contributed by atoms with Gasteiger partial charge in [-0.1, -0.05) is 19.9 Å². The molecule has 4 rings (SSSR count). The van der Waals surface area contributed by atoms with Crippen LogP contribution in [0, 0.1) is 34.5 Å². The van der Waals surface area contributed by atoms with Gasteiger partial charge in [0.1, 0.15) is 6.10 Å². The Hall–Kier alpha value is -0.830. The summed E-state index contributed by atoms with van der Waals surface area (Å²) in [5, 5.41) is 11.4. The van der Waals surface area contributed by atoms with E-state index in [2.05, 4.69) is 20.4 Å². The monoisotopic (exact) mass is 374 g/mol. The van der Waals surface area contributed by atoms with Crippen LogP contribution >= 0.6 is 0 Å². The Labute approximate surface area is 164 Å². The molecule has 1 N–H and O–H groups in total. The molecule has 0 amide bonds. The lowest BCUT2D eigenvalue weighted by molar-refractivity contribution is -0.168. The molecule has 0 spiro atoms. The highest BCUT2D eigenvalue weighted by atomic mass is 16.5. The van der Waals surface area contributed by atoms with Gasteiger partial charge in [-0.25, -0.2) is 0 Å². The van der Waals surface area contributed by atoms with Crippen molar-refractivity contribution in [3.63, 3.8) is 0 Å². The standard InChI is InChI=1S/C24H38O3/c1-5-11-24(26)14-10-21-19-7-6-17-15-18(27-16(2)25)8-12-22(17,3)20(19)9-13-23(21,24)4/h5,17-21,26H,1,6-15H2,2-4H3/t17-,18+,19+,20+,21+,22-,23+,24-/m0/s1. The minimum absolute atomic E-state index is 0.0560. The molecule has 0 aliphatic heterocycles. The summed E-state index contributed by atoms with van der Waals surface area (Å²) in [6.07, 6.45) is 13.2. The van der Waals surface area contributed by atoms with Crippen molar-refractivity contribution >= 4 is 5.97 Å². The summed E-state index contributed by atoms with van der Waals surface area (Å²) >= 11 is 0. The first kappa shape index (κ1) is 19.5. The second-order valence-corrected chi connectivity index (χ2v) is 10.7. The molecular weight excluding hydrogens is 336 g/mol. The second-order valence-electron chi connectivity index (χ2n) is 10.7. The van der Waals surface area contributed by atoms with Crippen LogP contribution < -0.4 is 0 Å². The maximum Gasteiger partial charge on any atom is 0.302 e. The van der Waals surface area contributed by atoms with Crippen LogP contribution in [0.15, 0.2) is 12.7 Å². The van der Waals surface area contributed by atoms with E-state index in [1.807, 2.05) is 6.08 Å². The van der Waals surface area contributed by atoms with E-state index in [0.29, 0.717) is 17.3 Å². The van der Waals surface area contributed by atoms with Crippen LogP contribution in [-0.2, 0) is 9.53 Å². The molecular formula is C24H38O3. The van der Waals surface area contributed by atoms with E-state index < -0.39 is 5.60 Å². The molecule has 3 heteroatoms. The molecule has 4 fully saturated rings. The SMILES string of the molecule is C=CC[C@]1(O)CC[C@@H]2[C@@H]3CC[C@H]4C[C@H](OC(C)=O)CC[C@]4(C)[C@@H]3CC[C@]21C. The van der Waals surface area contributed by atoms with E-state index in [1.165, 1.54) is 39.0 Å². The molecule has 0 heterocycles. The van der Waals surface area contributed by atoms with Crippen LogP contribution in [0.3, 0.4) is 0 Å². The predicted octanol–water partition coefficient (Wildman–Crippen LogP) is 5.27. The fourth-order valence-corrected chi connectivity index (χ4v) is 8.24. The average molecular weight is 375 g/mol. The number of carbonyl (C=O) groups is 1. The van der Waals surface area contributed by atoms with Crippen molar-refractivity contribution in [2.75, 3.05) is 0 Å². The summed E-state index contributed by atoms with van der Waals surface area (Å²) in [6.45, 7) is 10.4. The largest absolute Gasteiger partial charge is 0.463 e. The molecule has 152 valence electrons. The minimum Gasteiger partial charge on any atom is -0.463 e. The Morgan fingerprint density at radius 1 is 1.11 bits per heavy atom. The van der Waals surface area contributed by atoms with E-state index >= 15 is 0 Å². The molecule has 4 aliphatic carbocycles. The molecule has 4 saturated carbocycles. The summed E-state index contributed by atoms with van der Waals surface area (Å²) < 4.78 is 5.58. The summed E-state index contributed by atoms with van der Waals surface area (Å²) in [7, 11) is 0. The molecule has 3 nitrogen and oxygen atoms in total. The van der Waals surface area contributed by atoms with Gasteiger partial charge in [-0.15, -0.1) is 6.58 Å². The fraction of sp³-hybridized carbons (Fsp3) is 0.875. The van der Waals surface area contributed by atoms with Gasteiger partial charge in [-0.3, -0.25) is 4.79 Å². The first-order chi connectivity index (χ1) is 12.7. The molecule has 0 unspecified atom stereocenters. The molecule has 0 radical (unpaired) electrons. The fourth-order valence-electron chi connectivity index (χ4n) is 8.24. The lowest BCUT2D eigenvalue weighted by atomic mass is 9.44. The van der Waals surface area contributed by atoms with Crippen LogP contribution in [0.5, 0.6) is 0 Å². The first-order valence-electron chi connectivity index (χ1n) is 11.2. The van der Waals surface area contributed by atoms with Gasteiger partial charge in [0.05, 0.1) is 5.60 Å². The molecule has 8 atom stereocenters. The molecule has 0 bridgehead atoms. The number of carbonyl (C=O) groups excluding carboxylic acids is 1. The Balaban J connectivity index is 1.54. The number of esters is 1. The summed E-state index contributed by atoms with van der Waals surface area (Å²) in [4.78, 5) is 11.4. The summed E-state index contributed by atoms with van der Waals surface area (Å²) in [5.74, 6) is 2.76. The third-order valence-corrected chi connectivity index (χ3v) is 9.75. The predicted molar refractivity (Wildman–Crippen MR) is 107 cm³/mol. The van der Waals surface area contributed by atoms with E-state index in [1.54, 1.807) is 0 Å². The maximum absolute atomic E-state index is 11.4. The van der Waals surface area contributed by atoms with Gasteiger partial charge < -0.3 is 9.84 Å². The third kappa shape index (κ3) is 2.82. The smallest absolute Gasteiger partial charge is 0.302 e. The van der Waals surface area contributed by atoms with Crippen molar-refractivity contribution in [1.29, 1.82) is 0 Å². The van der Waals surface area contributed by atoms with Gasteiger partial charge in [0.2, 0.25) is 0 Å². The van der Waals surface area contributed by atoms with Crippen LogP contribution in [0.4, 0.5) is 0 Å². The Bertz CT molecular complexity index is 615. The minimum atomic E-state index is -0.547. The lowest BCUT2D eigenvalue weighted by Crippen LogP contribution is -2.56. The topological polar surface area (TPSA) is 46.5 Å².